The van der Waals surface area contributed by atoms with Crippen LogP contribution in [0.25, 0.3) is 11.0 Å². The van der Waals surface area contributed by atoms with Gasteiger partial charge in [-0.05, 0) is 63.6 Å². The van der Waals surface area contributed by atoms with E-state index in [0.717, 1.165) is 37.0 Å². The normalized spacial score (nSPS) is 30.9. The van der Waals surface area contributed by atoms with E-state index >= 15 is 4.39 Å². The number of aryl methyl sites for hydroxylation is 1. The molecule has 1 saturated heterocycles. The van der Waals surface area contributed by atoms with Gasteiger partial charge in [0.05, 0.1) is 11.3 Å². The van der Waals surface area contributed by atoms with Gasteiger partial charge < -0.3 is 14.6 Å². The van der Waals surface area contributed by atoms with E-state index in [1.807, 2.05) is 40.9 Å². The van der Waals surface area contributed by atoms with Crippen molar-refractivity contribution < 1.29 is 14.3 Å². The highest BCUT2D eigenvalue weighted by molar-refractivity contribution is 5.81. The average molecular weight is 385 g/mol. The number of rotatable bonds is 2. The zero-order valence-corrected chi connectivity index (χ0v) is 16.6. The minimum Gasteiger partial charge on any atom is -0.390 e. The summed E-state index contributed by atoms with van der Waals surface area (Å²) in [4.78, 5) is 19.1. The molecule has 0 atom stereocenters. The van der Waals surface area contributed by atoms with Crippen molar-refractivity contribution in [1.82, 2.24) is 14.5 Å². The minimum absolute atomic E-state index is 0.0302. The number of hydrogen-bond donors (Lipinski definition) is 1. The standard InChI is InChI=1S/C22H28FN3O2/c1-20(28)11-16(12-20)19(27)26-13-21(14-26)6-8-22(23,9-7-21)17-4-3-15-5-10-25(2)18(15)24-17/h3-5,10,16,28H,6-9,11-14H2,1-2H3. The third-order valence-corrected chi connectivity index (χ3v) is 7.37. The molecule has 1 amide bonds. The second-order valence-corrected chi connectivity index (χ2v) is 9.80. The van der Waals surface area contributed by atoms with E-state index in [-0.39, 0.29) is 17.2 Å². The predicted octanol–water partition coefficient (Wildman–Crippen LogP) is 3.30. The maximum absolute atomic E-state index is 15.7. The van der Waals surface area contributed by atoms with Gasteiger partial charge >= 0.3 is 0 Å². The molecule has 28 heavy (non-hydrogen) atoms. The van der Waals surface area contributed by atoms with Crippen LogP contribution in [0.1, 0.15) is 51.1 Å². The molecule has 0 unspecified atom stereocenters. The lowest BCUT2D eigenvalue weighted by molar-refractivity contribution is -0.165. The molecule has 6 heteroatoms. The van der Waals surface area contributed by atoms with Gasteiger partial charge in [0, 0.05) is 43.1 Å². The number of aliphatic hydroxyl groups is 1. The van der Waals surface area contributed by atoms with Gasteiger partial charge in [0.2, 0.25) is 5.91 Å². The number of pyridine rings is 1. The van der Waals surface area contributed by atoms with E-state index in [4.69, 9.17) is 0 Å². The SMILES string of the molecule is Cn1ccc2ccc(C3(F)CCC4(CC3)CN(C(=O)C3CC(C)(O)C3)C4)nc21. The Labute approximate surface area is 164 Å². The van der Waals surface area contributed by atoms with Crippen LogP contribution in [0.15, 0.2) is 24.4 Å². The van der Waals surface area contributed by atoms with Gasteiger partial charge in [-0.25, -0.2) is 9.37 Å². The van der Waals surface area contributed by atoms with Crippen LogP contribution in [0.4, 0.5) is 4.39 Å². The Morgan fingerprint density at radius 2 is 1.86 bits per heavy atom. The maximum Gasteiger partial charge on any atom is 0.225 e. The number of aromatic nitrogens is 2. The molecule has 5 nitrogen and oxygen atoms in total. The van der Waals surface area contributed by atoms with Crippen molar-refractivity contribution in [3.05, 3.63) is 30.1 Å². The van der Waals surface area contributed by atoms with Gasteiger partial charge in [0.1, 0.15) is 5.65 Å². The molecule has 1 aliphatic heterocycles. The second-order valence-electron chi connectivity index (χ2n) is 9.80. The number of carbonyl (C=O) groups is 1. The lowest BCUT2D eigenvalue weighted by Gasteiger charge is -2.56. The summed E-state index contributed by atoms with van der Waals surface area (Å²) in [6.45, 7) is 3.27. The quantitative estimate of drug-likeness (QED) is 0.863. The molecule has 2 aromatic heterocycles. The topological polar surface area (TPSA) is 58.4 Å². The highest BCUT2D eigenvalue weighted by Gasteiger charge is 2.54. The van der Waals surface area contributed by atoms with Crippen molar-refractivity contribution in [3.63, 3.8) is 0 Å². The Balaban J connectivity index is 1.23. The van der Waals surface area contributed by atoms with E-state index in [1.165, 1.54) is 0 Å². The van der Waals surface area contributed by atoms with Gasteiger partial charge in [-0.2, -0.15) is 0 Å². The molecule has 3 aliphatic rings. The third kappa shape index (κ3) is 2.76. The van der Waals surface area contributed by atoms with Crippen LogP contribution < -0.4 is 0 Å². The van der Waals surface area contributed by atoms with Gasteiger partial charge in [0.25, 0.3) is 0 Å². The molecule has 2 aromatic rings. The van der Waals surface area contributed by atoms with Crippen LogP contribution in [0.5, 0.6) is 0 Å². The summed E-state index contributed by atoms with van der Waals surface area (Å²) in [6, 6.07) is 5.79. The zero-order valence-electron chi connectivity index (χ0n) is 16.6. The van der Waals surface area contributed by atoms with Gasteiger partial charge in [-0.3, -0.25) is 4.79 Å². The molecule has 0 aromatic carbocycles. The molecule has 1 N–H and O–H groups in total. The minimum atomic E-state index is -1.37. The van der Waals surface area contributed by atoms with Gasteiger partial charge in [-0.1, -0.05) is 0 Å². The monoisotopic (exact) mass is 385 g/mol. The second kappa shape index (κ2) is 5.78. The highest BCUT2D eigenvalue weighted by atomic mass is 19.1. The van der Waals surface area contributed by atoms with Gasteiger partial charge in [0.15, 0.2) is 5.67 Å². The molecule has 0 bridgehead atoms. The number of fused-ring (bicyclic) bond motifs is 1. The molecule has 2 saturated carbocycles. The molecule has 150 valence electrons. The molecule has 2 aliphatic carbocycles. The van der Waals surface area contributed by atoms with Crippen LogP contribution in [-0.4, -0.2) is 44.2 Å². The highest BCUT2D eigenvalue weighted by Crippen LogP contribution is 2.52. The van der Waals surface area contributed by atoms with Crippen molar-refractivity contribution in [2.24, 2.45) is 18.4 Å². The van der Waals surface area contributed by atoms with Crippen molar-refractivity contribution in [1.29, 1.82) is 0 Å². The van der Waals surface area contributed by atoms with Crippen molar-refractivity contribution >= 4 is 16.9 Å². The summed E-state index contributed by atoms with van der Waals surface area (Å²) in [5.74, 6) is 0.141. The summed E-state index contributed by atoms with van der Waals surface area (Å²) >= 11 is 0. The molecule has 5 rings (SSSR count). The van der Waals surface area contributed by atoms with Crippen molar-refractivity contribution in [2.75, 3.05) is 13.1 Å². The lowest BCUT2D eigenvalue weighted by Crippen LogP contribution is -2.63. The summed E-state index contributed by atoms with van der Waals surface area (Å²) in [5, 5.41) is 10.9. The van der Waals surface area contributed by atoms with Crippen LogP contribution in [-0.2, 0) is 17.5 Å². The van der Waals surface area contributed by atoms with Crippen LogP contribution in [0, 0.1) is 11.3 Å². The first kappa shape index (κ1) is 18.1. The van der Waals surface area contributed by atoms with Crippen LogP contribution >= 0.6 is 0 Å². The Hall–Kier alpha value is -1.95. The first-order valence-electron chi connectivity index (χ1n) is 10.3. The fourth-order valence-corrected chi connectivity index (χ4v) is 5.49. The number of halogens is 1. The largest absolute Gasteiger partial charge is 0.390 e. The Bertz CT molecular complexity index is 926. The summed E-state index contributed by atoms with van der Waals surface area (Å²) in [5.41, 5.74) is -0.603. The molecule has 3 fully saturated rings. The van der Waals surface area contributed by atoms with E-state index in [0.29, 0.717) is 31.4 Å². The fourth-order valence-electron chi connectivity index (χ4n) is 5.49. The maximum atomic E-state index is 15.7. The third-order valence-electron chi connectivity index (χ3n) is 7.37. The molecular formula is C22H28FN3O2. The molecule has 3 heterocycles. The first-order chi connectivity index (χ1) is 13.2. The number of hydrogen-bond acceptors (Lipinski definition) is 3. The smallest absolute Gasteiger partial charge is 0.225 e. The average Bonchev–Trinajstić information content (AvgIpc) is 2.99. The number of amides is 1. The first-order valence-corrected chi connectivity index (χ1v) is 10.3. The number of carbonyl (C=O) groups excluding carboxylic acids is 1. The number of nitrogens with zero attached hydrogens (tertiary/aromatic N) is 3. The number of alkyl halides is 1. The van der Waals surface area contributed by atoms with E-state index in [2.05, 4.69) is 4.98 Å². The van der Waals surface area contributed by atoms with E-state index in [9.17, 15) is 9.90 Å². The summed E-state index contributed by atoms with van der Waals surface area (Å²) in [7, 11) is 1.93. The number of likely N-dealkylation sites (tertiary alicyclic amines) is 1. The lowest BCUT2D eigenvalue weighted by atomic mass is 9.63. The van der Waals surface area contributed by atoms with Gasteiger partial charge in [-0.15, -0.1) is 0 Å². The molecular weight excluding hydrogens is 357 g/mol. The summed E-state index contributed by atoms with van der Waals surface area (Å²) in [6.07, 6.45) is 5.60. The van der Waals surface area contributed by atoms with Crippen LogP contribution in [0.3, 0.4) is 0 Å². The van der Waals surface area contributed by atoms with Crippen molar-refractivity contribution in [3.8, 4) is 0 Å². The fraction of sp³-hybridized carbons (Fsp3) is 0.636. The predicted molar refractivity (Wildman–Crippen MR) is 104 cm³/mol. The Kier molecular flexibility index (Phi) is 3.74. The Morgan fingerprint density at radius 1 is 1.18 bits per heavy atom. The van der Waals surface area contributed by atoms with Crippen LogP contribution in [0.2, 0.25) is 0 Å². The Morgan fingerprint density at radius 3 is 2.50 bits per heavy atom. The van der Waals surface area contributed by atoms with Crippen molar-refractivity contribution in [2.45, 2.75) is 56.7 Å². The zero-order chi connectivity index (χ0) is 19.7. The molecule has 0 radical (unpaired) electrons. The van der Waals surface area contributed by atoms with E-state index < -0.39 is 11.3 Å². The van der Waals surface area contributed by atoms with E-state index in [1.54, 1.807) is 6.92 Å². The molecule has 1 spiro atoms. The summed E-state index contributed by atoms with van der Waals surface area (Å²) < 4.78 is 17.7.